The first-order valence-electron chi connectivity index (χ1n) is 9.90. The molecule has 1 fully saturated rings. The summed E-state index contributed by atoms with van der Waals surface area (Å²) in [4.78, 5) is 28.1. The summed E-state index contributed by atoms with van der Waals surface area (Å²) in [5, 5.41) is 0.863. The SMILES string of the molecule is Cl.Cl.O=CC(=O)c1cn(CCN2CCN(Cc3ccccc3)CC2)c2ccc(I)cc12. The molecule has 31 heavy (non-hydrogen) atoms. The molecule has 0 amide bonds. The van der Waals surface area contributed by atoms with Gasteiger partial charge in [-0.25, -0.2) is 0 Å². The van der Waals surface area contributed by atoms with Gasteiger partial charge in [0.05, 0.1) is 5.56 Å². The van der Waals surface area contributed by atoms with Crippen molar-refractivity contribution in [2.75, 3.05) is 32.7 Å². The number of hydrogen-bond acceptors (Lipinski definition) is 4. The standard InChI is InChI=1S/C23H24IN3O2.2ClH/c24-19-6-7-22-20(14-19)21(23(29)17-28)16-27(22)13-12-25-8-10-26(11-9-25)15-18-4-2-1-3-5-18;;/h1-7,14,16-17H,8-13,15H2;2*1H. The lowest BCUT2D eigenvalue weighted by Gasteiger charge is -2.34. The Kier molecular flexibility index (Phi) is 9.96. The smallest absolute Gasteiger partial charge is 0.227 e. The highest BCUT2D eigenvalue weighted by Crippen LogP contribution is 2.24. The second kappa shape index (κ2) is 12.0. The number of carbonyl (C=O) groups excluding carboxylic acids is 2. The van der Waals surface area contributed by atoms with Crippen LogP contribution in [0.5, 0.6) is 0 Å². The zero-order valence-corrected chi connectivity index (χ0v) is 20.9. The second-order valence-electron chi connectivity index (χ2n) is 7.48. The van der Waals surface area contributed by atoms with Gasteiger partial charge in [-0.2, -0.15) is 0 Å². The molecule has 2 aromatic carbocycles. The fourth-order valence-corrected chi connectivity index (χ4v) is 4.47. The van der Waals surface area contributed by atoms with E-state index >= 15 is 0 Å². The Balaban J connectivity index is 0.00000171. The molecule has 0 aliphatic carbocycles. The van der Waals surface area contributed by atoms with Crippen molar-refractivity contribution in [1.82, 2.24) is 14.4 Å². The Morgan fingerprint density at radius 1 is 0.935 bits per heavy atom. The van der Waals surface area contributed by atoms with E-state index in [1.54, 1.807) is 0 Å². The fourth-order valence-electron chi connectivity index (χ4n) is 3.98. The average Bonchev–Trinajstić information content (AvgIpc) is 3.11. The molecule has 166 valence electrons. The molecule has 1 aromatic heterocycles. The topological polar surface area (TPSA) is 45.6 Å². The molecule has 5 nitrogen and oxygen atoms in total. The number of piperazine rings is 1. The number of nitrogens with zero attached hydrogens (tertiary/aromatic N) is 3. The average molecular weight is 574 g/mol. The van der Waals surface area contributed by atoms with Gasteiger partial charge < -0.3 is 4.57 Å². The van der Waals surface area contributed by atoms with Crippen molar-refractivity contribution in [2.24, 2.45) is 0 Å². The van der Waals surface area contributed by atoms with Crippen molar-refractivity contribution >= 4 is 70.4 Å². The maximum Gasteiger partial charge on any atom is 0.227 e. The summed E-state index contributed by atoms with van der Waals surface area (Å²) in [6.45, 7) is 6.97. The first-order chi connectivity index (χ1) is 14.1. The molecular weight excluding hydrogens is 548 g/mol. The van der Waals surface area contributed by atoms with Gasteiger partial charge in [0.15, 0.2) is 6.29 Å². The highest BCUT2D eigenvalue weighted by atomic mass is 127. The van der Waals surface area contributed by atoms with Gasteiger partial charge in [-0.05, 0) is 46.4 Å². The quantitative estimate of drug-likeness (QED) is 0.183. The molecule has 1 saturated heterocycles. The summed E-state index contributed by atoms with van der Waals surface area (Å²) in [6, 6.07) is 16.7. The molecule has 0 spiro atoms. The molecule has 2 heterocycles. The molecule has 3 aromatic rings. The third kappa shape index (κ3) is 6.29. The Hall–Kier alpha value is -1.45. The number of Topliss-reactive ketones (excluding diaryl/α,β-unsaturated/α-hetero) is 1. The van der Waals surface area contributed by atoms with Crippen LogP contribution in [0.4, 0.5) is 0 Å². The number of hydrogen-bond donors (Lipinski definition) is 0. The van der Waals surface area contributed by atoms with E-state index in [4.69, 9.17) is 0 Å². The highest BCUT2D eigenvalue weighted by Gasteiger charge is 2.18. The van der Waals surface area contributed by atoms with Crippen LogP contribution >= 0.6 is 47.4 Å². The van der Waals surface area contributed by atoms with Crippen LogP contribution in [-0.4, -0.2) is 59.2 Å². The molecule has 0 saturated carbocycles. The maximum absolute atomic E-state index is 12.0. The molecule has 8 heteroatoms. The van der Waals surface area contributed by atoms with Gasteiger partial charge >= 0.3 is 0 Å². The minimum atomic E-state index is -0.453. The number of carbonyl (C=O) groups is 2. The number of aldehydes is 1. The van der Waals surface area contributed by atoms with E-state index in [1.807, 2.05) is 24.4 Å². The number of ketones is 1. The Labute approximate surface area is 208 Å². The van der Waals surface area contributed by atoms with Gasteiger partial charge in [0.25, 0.3) is 0 Å². The number of halogens is 3. The first-order valence-corrected chi connectivity index (χ1v) is 11.0. The van der Waals surface area contributed by atoms with Gasteiger partial charge in [0.1, 0.15) is 0 Å². The zero-order chi connectivity index (χ0) is 20.2. The molecule has 0 N–H and O–H groups in total. The van der Waals surface area contributed by atoms with Crippen molar-refractivity contribution in [3.8, 4) is 0 Å². The van der Waals surface area contributed by atoms with Crippen LogP contribution in [0.15, 0.2) is 54.7 Å². The van der Waals surface area contributed by atoms with Crippen molar-refractivity contribution in [3.05, 3.63) is 69.4 Å². The molecule has 0 atom stereocenters. The summed E-state index contributed by atoms with van der Waals surface area (Å²) >= 11 is 2.23. The van der Waals surface area contributed by atoms with E-state index in [2.05, 4.69) is 67.3 Å². The van der Waals surface area contributed by atoms with Crippen molar-refractivity contribution in [2.45, 2.75) is 13.1 Å². The largest absolute Gasteiger partial charge is 0.345 e. The summed E-state index contributed by atoms with van der Waals surface area (Å²) in [6.07, 6.45) is 2.24. The van der Waals surface area contributed by atoms with E-state index < -0.39 is 5.78 Å². The summed E-state index contributed by atoms with van der Waals surface area (Å²) in [7, 11) is 0. The van der Waals surface area contributed by atoms with E-state index in [-0.39, 0.29) is 24.8 Å². The predicted molar refractivity (Wildman–Crippen MR) is 138 cm³/mol. The minimum Gasteiger partial charge on any atom is -0.345 e. The summed E-state index contributed by atoms with van der Waals surface area (Å²) in [5.74, 6) is -0.453. The van der Waals surface area contributed by atoms with Crippen LogP contribution in [0.2, 0.25) is 0 Å². The van der Waals surface area contributed by atoms with E-state index in [9.17, 15) is 9.59 Å². The third-order valence-electron chi connectivity index (χ3n) is 5.59. The fraction of sp³-hybridized carbons (Fsp3) is 0.304. The third-order valence-corrected chi connectivity index (χ3v) is 6.26. The summed E-state index contributed by atoms with van der Waals surface area (Å²) in [5.41, 5.74) is 2.88. The Morgan fingerprint density at radius 3 is 2.29 bits per heavy atom. The lowest BCUT2D eigenvalue weighted by atomic mass is 10.1. The summed E-state index contributed by atoms with van der Waals surface area (Å²) < 4.78 is 3.17. The van der Waals surface area contributed by atoms with Crippen LogP contribution in [0.1, 0.15) is 15.9 Å². The van der Waals surface area contributed by atoms with Gasteiger partial charge in [-0.3, -0.25) is 19.4 Å². The number of aromatic nitrogens is 1. The second-order valence-corrected chi connectivity index (χ2v) is 8.73. The first kappa shape index (κ1) is 25.8. The Bertz CT molecular complexity index is 1020. The van der Waals surface area contributed by atoms with Gasteiger partial charge in [0.2, 0.25) is 5.78 Å². The number of fused-ring (bicyclic) bond motifs is 1. The minimum absolute atomic E-state index is 0. The number of rotatable bonds is 7. The normalized spacial score (nSPS) is 14.6. The van der Waals surface area contributed by atoms with Crippen LogP contribution in [0.3, 0.4) is 0 Å². The lowest BCUT2D eigenvalue weighted by Crippen LogP contribution is -2.46. The predicted octanol–water partition coefficient (Wildman–Crippen LogP) is 4.29. The molecule has 0 bridgehead atoms. The van der Waals surface area contributed by atoms with Crippen LogP contribution in [0.25, 0.3) is 10.9 Å². The van der Waals surface area contributed by atoms with Crippen molar-refractivity contribution in [3.63, 3.8) is 0 Å². The van der Waals surface area contributed by atoms with Crippen molar-refractivity contribution in [1.29, 1.82) is 0 Å². The monoisotopic (exact) mass is 573 g/mol. The zero-order valence-electron chi connectivity index (χ0n) is 17.1. The molecule has 1 aliphatic heterocycles. The molecule has 1 aliphatic rings. The van der Waals surface area contributed by atoms with Gasteiger partial charge in [-0.1, -0.05) is 30.3 Å². The molecule has 0 unspecified atom stereocenters. The van der Waals surface area contributed by atoms with Crippen molar-refractivity contribution < 1.29 is 9.59 Å². The van der Waals surface area contributed by atoms with Gasteiger partial charge in [-0.15, -0.1) is 24.8 Å². The molecule has 4 rings (SSSR count). The molecular formula is C23H26Cl2IN3O2. The van der Waals surface area contributed by atoms with E-state index in [0.717, 1.165) is 60.3 Å². The van der Waals surface area contributed by atoms with E-state index in [1.165, 1.54) is 5.56 Å². The van der Waals surface area contributed by atoms with Crippen LogP contribution in [0, 0.1) is 3.57 Å². The molecule has 0 radical (unpaired) electrons. The Morgan fingerprint density at radius 2 is 1.61 bits per heavy atom. The van der Waals surface area contributed by atoms with Crippen LogP contribution in [-0.2, 0) is 17.9 Å². The highest BCUT2D eigenvalue weighted by molar-refractivity contribution is 14.1. The van der Waals surface area contributed by atoms with Gasteiger partial charge in [0, 0.05) is 66.5 Å². The van der Waals surface area contributed by atoms with E-state index in [0.29, 0.717) is 11.8 Å². The number of benzene rings is 2. The maximum atomic E-state index is 12.0. The van der Waals surface area contributed by atoms with Crippen LogP contribution < -0.4 is 0 Å². The lowest BCUT2D eigenvalue weighted by molar-refractivity contribution is -0.104.